The van der Waals surface area contributed by atoms with E-state index in [9.17, 15) is 0 Å². The maximum absolute atomic E-state index is 2.48. The van der Waals surface area contributed by atoms with Crippen molar-refractivity contribution in [2.75, 3.05) is 0 Å². The molecule has 0 bridgehead atoms. The number of benzene rings is 1. The first-order valence-corrected chi connectivity index (χ1v) is 6.32. The van der Waals surface area contributed by atoms with Gasteiger partial charge in [-0.15, -0.1) is 0 Å². The van der Waals surface area contributed by atoms with Gasteiger partial charge in [-0.25, -0.2) is 0 Å². The summed E-state index contributed by atoms with van der Waals surface area (Å²) in [7, 11) is 0. The average molecular weight is 202 g/mol. The van der Waals surface area contributed by atoms with E-state index in [4.69, 9.17) is 0 Å². The van der Waals surface area contributed by atoms with Gasteiger partial charge in [0.2, 0.25) is 0 Å². The molecule has 0 nitrogen and oxygen atoms in total. The quantitative estimate of drug-likeness (QED) is 0.615. The summed E-state index contributed by atoms with van der Waals surface area (Å²) in [4.78, 5) is 0. The van der Waals surface area contributed by atoms with Gasteiger partial charge in [0.1, 0.15) is 0 Å². The highest BCUT2D eigenvalue weighted by Crippen LogP contribution is 2.37. The highest BCUT2D eigenvalue weighted by Gasteiger charge is 2.25. The van der Waals surface area contributed by atoms with Gasteiger partial charge in [-0.2, -0.15) is 0 Å². The lowest BCUT2D eigenvalue weighted by molar-refractivity contribution is 0.275. The van der Waals surface area contributed by atoms with E-state index in [2.05, 4.69) is 37.3 Å². The first-order chi connectivity index (χ1) is 7.29. The molecule has 0 spiro atoms. The third-order valence-electron chi connectivity index (χ3n) is 3.78. The predicted octanol–water partition coefficient (Wildman–Crippen LogP) is 4.59. The normalized spacial score (nSPS) is 20.9. The smallest absolute Gasteiger partial charge is 0.0225 e. The molecule has 82 valence electrons. The average Bonchev–Trinajstić information content (AvgIpc) is 2.45. The van der Waals surface area contributed by atoms with Crippen molar-refractivity contribution in [3.63, 3.8) is 0 Å². The summed E-state index contributed by atoms with van der Waals surface area (Å²) in [6.07, 6.45) is 9.87. The third kappa shape index (κ3) is 3.09. The molecule has 1 aliphatic rings. The van der Waals surface area contributed by atoms with Crippen molar-refractivity contribution in [1.82, 2.24) is 0 Å². The Morgan fingerprint density at radius 2 is 1.53 bits per heavy atom. The van der Waals surface area contributed by atoms with Crippen LogP contribution in [0.3, 0.4) is 0 Å². The van der Waals surface area contributed by atoms with Crippen LogP contribution in [0.4, 0.5) is 0 Å². The Bertz CT molecular complexity index is 278. The van der Waals surface area contributed by atoms with E-state index >= 15 is 0 Å². The molecule has 15 heavy (non-hydrogen) atoms. The zero-order chi connectivity index (χ0) is 10.6. The van der Waals surface area contributed by atoms with E-state index in [1.54, 1.807) is 0 Å². The molecular formula is C15H22. The van der Waals surface area contributed by atoms with Gasteiger partial charge in [0, 0.05) is 0 Å². The van der Waals surface area contributed by atoms with Crippen LogP contribution in [0, 0.1) is 5.41 Å². The van der Waals surface area contributed by atoms with Crippen molar-refractivity contribution >= 4 is 0 Å². The van der Waals surface area contributed by atoms with Crippen LogP contribution in [0.5, 0.6) is 0 Å². The third-order valence-corrected chi connectivity index (χ3v) is 3.78. The van der Waals surface area contributed by atoms with E-state index in [0.717, 1.165) is 0 Å². The molecule has 1 aromatic rings. The van der Waals surface area contributed by atoms with Crippen LogP contribution < -0.4 is 0 Å². The van der Waals surface area contributed by atoms with Crippen molar-refractivity contribution in [2.45, 2.75) is 51.9 Å². The van der Waals surface area contributed by atoms with Gasteiger partial charge in [-0.1, -0.05) is 62.9 Å². The Balaban J connectivity index is 2.02. The van der Waals surface area contributed by atoms with E-state index < -0.39 is 0 Å². The molecule has 0 unspecified atom stereocenters. The Kier molecular flexibility index (Phi) is 3.45. The standard InChI is InChI=1S/C15H22/c1-15(11-7-2-3-8-12-15)13-14-9-5-4-6-10-14/h4-6,9-10H,2-3,7-8,11-13H2,1H3. The maximum Gasteiger partial charge on any atom is -0.0225 e. The highest BCUT2D eigenvalue weighted by molar-refractivity contribution is 5.16. The van der Waals surface area contributed by atoms with Crippen LogP contribution in [-0.2, 0) is 6.42 Å². The predicted molar refractivity (Wildman–Crippen MR) is 66.0 cm³/mol. The second-order valence-electron chi connectivity index (χ2n) is 5.39. The van der Waals surface area contributed by atoms with Crippen molar-refractivity contribution in [3.8, 4) is 0 Å². The topological polar surface area (TPSA) is 0 Å². The summed E-state index contributed by atoms with van der Waals surface area (Å²) in [6.45, 7) is 2.48. The van der Waals surface area contributed by atoms with Crippen LogP contribution in [0.15, 0.2) is 30.3 Å². The minimum Gasteiger partial charge on any atom is -0.0622 e. The van der Waals surface area contributed by atoms with Gasteiger partial charge in [-0.05, 0) is 30.2 Å². The van der Waals surface area contributed by atoms with Crippen LogP contribution in [0.25, 0.3) is 0 Å². The van der Waals surface area contributed by atoms with Gasteiger partial charge in [0.25, 0.3) is 0 Å². The zero-order valence-electron chi connectivity index (χ0n) is 9.84. The molecule has 0 heterocycles. The lowest BCUT2D eigenvalue weighted by Crippen LogP contribution is -2.18. The second kappa shape index (κ2) is 4.83. The lowest BCUT2D eigenvalue weighted by atomic mass is 9.77. The molecule has 0 amide bonds. The van der Waals surface area contributed by atoms with E-state index in [0.29, 0.717) is 5.41 Å². The van der Waals surface area contributed by atoms with Crippen molar-refractivity contribution < 1.29 is 0 Å². The molecule has 1 fully saturated rings. The summed E-state index contributed by atoms with van der Waals surface area (Å²) >= 11 is 0. The number of hydrogen-bond donors (Lipinski definition) is 0. The fourth-order valence-corrected chi connectivity index (χ4v) is 2.85. The van der Waals surface area contributed by atoms with Gasteiger partial charge in [-0.3, -0.25) is 0 Å². The molecule has 0 aliphatic heterocycles. The second-order valence-corrected chi connectivity index (χ2v) is 5.39. The zero-order valence-corrected chi connectivity index (χ0v) is 9.84. The van der Waals surface area contributed by atoms with Crippen molar-refractivity contribution in [2.24, 2.45) is 5.41 Å². The van der Waals surface area contributed by atoms with E-state index in [1.165, 1.54) is 50.5 Å². The first kappa shape index (κ1) is 10.7. The minimum absolute atomic E-state index is 0.567. The van der Waals surface area contributed by atoms with Crippen molar-refractivity contribution in [1.29, 1.82) is 0 Å². The molecule has 0 atom stereocenters. The van der Waals surface area contributed by atoms with E-state index in [-0.39, 0.29) is 0 Å². The van der Waals surface area contributed by atoms with Gasteiger partial charge < -0.3 is 0 Å². The summed E-state index contributed by atoms with van der Waals surface area (Å²) in [6, 6.07) is 11.0. The SMILES string of the molecule is CC1(Cc2ccccc2)CCCCCC1. The van der Waals surface area contributed by atoms with Gasteiger partial charge in [0.15, 0.2) is 0 Å². The summed E-state index contributed by atoms with van der Waals surface area (Å²) in [5, 5.41) is 0. The molecule has 0 heteroatoms. The molecular weight excluding hydrogens is 180 g/mol. The molecule has 1 aromatic carbocycles. The summed E-state index contributed by atoms with van der Waals surface area (Å²) in [5.74, 6) is 0. The van der Waals surface area contributed by atoms with Crippen LogP contribution >= 0.6 is 0 Å². The summed E-state index contributed by atoms with van der Waals surface area (Å²) in [5.41, 5.74) is 2.08. The molecule has 1 saturated carbocycles. The van der Waals surface area contributed by atoms with Crippen LogP contribution in [-0.4, -0.2) is 0 Å². The van der Waals surface area contributed by atoms with Gasteiger partial charge >= 0.3 is 0 Å². The van der Waals surface area contributed by atoms with Gasteiger partial charge in [0.05, 0.1) is 0 Å². The van der Waals surface area contributed by atoms with Crippen LogP contribution in [0.2, 0.25) is 0 Å². The first-order valence-electron chi connectivity index (χ1n) is 6.32. The molecule has 0 saturated heterocycles. The molecule has 2 rings (SSSR count). The fourth-order valence-electron chi connectivity index (χ4n) is 2.85. The Morgan fingerprint density at radius 1 is 0.933 bits per heavy atom. The Labute approximate surface area is 93.7 Å². The maximum atomic E-state index is 2.48. The monoisotopic (exact) mass is 202 g/mol. The molecule has 1 aliphatic carbocycles. The fraction of sp³-hybridized carbons (Fsp3) is 0.600. The largest absolute Gasteiger partial charge is 0.0622 e. The highest BCUT2D eigenvalue weighted by atomic mass is 14.3. The minimum atomic E-state index is 0.567. The van der Waals surface area contributed by atoms with Crippen molar-refractivity contribution in [3.05, 3.63) is 35.9 Å². The molecule has 0 N–H and O–H groups in total. The lowest BCUT2D eigenvalue weighted by Gasteiger charge is -2.28. The molecule has 0 aromatic heterocycles. The Morgan fingerprint density at radius 3 is 2.13 bits per heavy atom. The van der Waals surface area contributed by atoms with E-state index in [1.807, 2.05) is 0 Å². The number of hydrogen-bond acceptors (Lipinski definition) is 0. The number of rotatable bonds is 2. The van der Waals surface area contributed by atoms with Crippen LogP contribution in [0.1, 0.15) is 51.0 Å². The molecule has 0 radical (unpaired) electrons. The summed E-state index contributed by atoms with van der Waals surface area (Å²) < 4.78 is 0. The Hall–Kier alpha value is -0.780.